The highest BCUT2D eigenvalue weighted by atomic mass is 19.4. The van der Waals surface area contributed by atoms with Gasteiger partial charge in [0.05, 0.1) is 17.9 Å². The number of esters is 1. The Kier molecular flexibility index (Phi) is 4.20. The maximum Gasteiger partial charge on any atom is 0.419 e. The Morgan fingerprint density at radius 2 is 2.00 bits per heavy atom. The van der Waals surface area contributed by atoms with Crippen LogP contribution in [0.3, 0.4) is 0 Å². The molecule has 0 N–H and O–H groups in total. The minimum atomic E-state index is -4.81. The van der Waals surface area contributed by atoms with E-state index < -0.39 is 23.5 Å². The van der Waals surface area contributed by atoms with Gasteiger partial charge < -0.3 is 4.74 Å². The quantitative estimate of drug-likeness (QED) is 0.644. The van der Waals surface area contributed by atoms with Crippen molar-refractivity contribution in [1.29, 1.82) is 0 Å². The SMILES string of the molecule is CCOC(=O)c1cc(-c2ccc(F)c(C(F)(F)F)c2)nn1C. The third-order valence-electron chi connectivity index (χ3n) is 2.93. The number of nitrogens with zero attached hydrogens (tertiary/aromatic N) is 2. The van der Waals surface area contributed by atoms with Crippen LogP contribution < -0.4 is 0 Å². The second-order valence-electron chi connectivity index (χ2n) is 4.45. The van der Waals surface area contributed by atoms with Crippen molar-refractivity contribution in [3.05, 3.63) is 41.3 Å². The van der Waals surface area contributed by atoms with Crippen molar-refractivity contribution < 1.29 is 27.1 Å². The molecule has 2 rings (SSSR count). The van der Waals surface area contributed by atoms with Crippen molar-refractivity contribution >= 4 is 5.97 Å². The van der Waals surface area contributed by atoms with Gasteiger partial charge in [-0.3, -0.25) is 4.68 Å². The highest BCUT2D eigenvalue weighted by Gasteiger charge is 2.34. The van der Waals surface area contributed by atoms with Gasteiger partial charge in [-0.1, -0.05) is 0 Å². The first-order valence-electron chi connectivity index (χ1n) is 6.32. The highest BCUT2D eigenvalue weighted by Crippen LogP contribution is 2.34. The first kappa shape index (κ1) is 16.0. The number of rotatable bonds is 3. The van der Waals surface area contributed by atoms with Gasteiger partial charge in [0.15, 0.2) is 0 Å². The number of halogens is 4. The summed E-state index contributed by atoms with van der Waals surface area (Å²) in [5, 5.41) is 3.96. The Morgan fingerprint density at radius 1 is 1.32 bits per heavy atom. The van der Waals surface area contributed by atoms with Gasteiger partial charge in [0, 0.05) is 12.6 Å². The van der Waals surface area contributed by atoms with E-state index in [1.807, 2.05) is 0 Å². The molecule has 0 fully saturated rings. The molecule has 0 saturated carbocycles. The molecule has 1 aromatic carbocycles. The predicted molar refractivity (Wildman–Crippen MR) is 69.6 cm³/mol. The average Bonchev–Trinajstić information content (AvgIpc) is 2.80. The van der Waals surface area contributed by atoms with Crippen molar-refractivity contribution in [2.45, 2.75) is 13.1 Å². The van der Waals surface area contributed by atoms with E-state index in [0.29, 0.717) is 6.07 Å². The second kappa shape index (κ2) is 5.78. The lowest BCUT2D eigenvalue weighted by Gasteiger charge is -2.08. The normalized spacial score (nSPS) is 11.5. The zero-order valence-corrected chi connectivity index (χ0v) is 11.7. The first-order valence-corrected chi connectivity index (χ1v) is 6.32. The Morgan fingerprint density at radius 3 is 2.59 bits per heavy atom. The fourth-order valence-electron chi connectivity index (χ4n) is 1.91. The Balaban J connectivity index is 2.45. The number of hydrogen-bond acceptors (Lipinski definition) is 3. The molecule has 0 aliphatic carbocycles. The first-order chi connectivity index (χ1) is 10.2. The van der Waals surface area contributed by atoms with Crippen LogP contribution in [0.1, 0.15) is 23.0 Å². The van der Waals surface area contributed by atoms with Crippen LogP contribution in [0.5, 0.6) is 0 Å². The molecule has 0 bridgehead atoms. The minimum Gasteiger partial charge on any atom is -0.461 e. The Bertz CT molecular complexity index is 707. The van der Waals surface area contributed by atoms with E-state index in [4.69, 9.17) is 4.74 Å². The van der Waals surface area contributed by atoms with Crippen molar-refractivity contribution in [3.8, 4) is 11.3 Å². The molecule has 0 atom stereocenters. The van der Waals surface area contributed by atoms with Crippen molar-refractivity contribution in [2.24, 2.45) is 7.05 Å². The molecule has 0 radical (unpaired) electrons. The topological polar surface area (TPSA) is 44.1 Å². The zero-order chi connectivity index (χ0) is 16.5. The van der Waals surface area contributed by atoms with Crippen molar-refractivity contribution in [3.63, 3.8) is 0 Å². The molecule has 0 aliphatic rings. The molecule has 0 saturated heterocycles. The molecular formula is C14H12F4N2O2. The number of carbonyl (C=O) groups excluding carboxylic acids is 1. The summed E-state index contributed by atoms with van der Waals surface area (Å²) in [5.74, 6) is -2.00. The van der Waals surface area contributed by atoms with E-state index >= 15 is 0 Å². The number of benzene rings is 1. The largest absolute Gasteiger partial charge is 0.461 e. The van der Waals surface area contributed by atoms with E-state index in [1.165, 1.54) is 23.9 Å². The monoisotopic (exact) mass is 316 g/mol. The lowest BCUT2D eigenvalue weighted by molar-refractivity contribution is -0.139. The maximum atomic E-state index is 13.3. The number of aryl methyl sites for hydroxylation is 1. The minimum absolute atomic E-state index is 0.0554. The summed E-state index contributed by atoms with van der Waals surface area (Å²) < 4.78 is 57.4. The van der Waals surface area contributed by atoms with E-state index in [2.05, 4.69) is 5.10 Å². The molecule has 0 amide bonds. The van der Waals surface area contributed by atoms with Crippen LogP contribution >= 0.6 is 0 Å². The number of carbonyl (C=O) groups is 1. The molecule has 118 valence electrons. The van der Waals surface area contributed by atoms with E-state index in [9.17, 15) is 22.4 Å². The summed E-state index contributed by atoms with van der Waals surface area (Å²) in [6.07, 6.45) is -4.81. The summed E-state index contributed by atoms with van der Waals surface area (Å²) in [7, 11) is 1.46. The van der Waals surface area contributed by atoms with Gasteiger partial charge in [0.25, 0.3) is 0 Å². The van der Waals surface area contributed by atoms with Crippen molar-refractivity contribution in [1.82, 2.24) is 9.78 Å². The fourth-order valence-corrected chi connectivity index (χ4v) is 1.91. The molecule has 22 heavy (non-hydrogen) atoms. The number of aromatic nitrogens is 2. The highest BCUT2D eigenvalue weighted by molar-refractivity contribution is 5.89. The van der Waals surface area contributed by atoms with Crippen molar-refractivity contribution in [2.75, 3.05) is 6.61 Å². The number of hydrogen-bond donors (Lipinski definition) is 0. The van der Waals surface area contributed by atoms with Gasteiger partial charge in [0.1, 0.15) is 11.5 Å². The fraction of sp³-hybridized carbons (Fsp3) is 0.286. The molecule has 0 spiro atoms. The lowest BCUT2D eigenvalue weighted by atomic mass is 10.1. The molecule has 8 heteroatoms. The van der Waals surface area contributed by atoms with Crippen LogP contribution in [0.25, 0.3) is 11.3 Å². The van der Waals surface area contributed by atoms with Crippen LogP contribution in [0.4, 0.5) is 17.6 Å². The molecule has 0 unspecified atom stereocenters. The summed E-state index contributed by atoms with van der Waals surface area (Å²) in [6.45, 7) is 1.79. The van der Waals surface area contributed by atoms with Crippen LogP contribution in [0.15, 0.2) is 24.3 Å². The number of ether oxygens (including phenoxy) is 1. The summed E-state index contributed by atoms with van der Waals surface area (Å²) in [4.78, 5) is 11.7. The average molecular weight is 316 g/mol. The van der Waals surface area contributed by atoms with Crippen LogP contribution in [0, 0.1) is 5.82 Å². The summed E-state index contributed by atoms with van der Waals surface area (Å²) >= 11 is 0. The van der Waals surface area contributed by atoms with Gasteiger partial charge in [-0.15, -0.1) is 0 Å². The van der Waals surface area contributed by atoms with Gasteiger partial charge in [-0.05, 0) is 31.2 Å². The Hall–Kier alpha value is -2.38. The molecule has 1 heterocycles. The molecule has 1 aromatic heterocycles. The van der Waals surface area contributed by atoms with Gasteiger partial charge in [-0.25, -0.2) is 9.18 Å². The molecular weight excluding hydrogens is 304 g/mol. The standard InChI is InChI=1S/C14H12F4N2O2/c1-3-22-13(21)12-7-11(19-20(12)2)8-4-5-10(15)9(6-8)14(16,17)18/h4-7H,3H2,1-2H3. The summed E-state index contributed by atoms with van der Waals surface area (Å²) in [5.41, 5.74) is -1.11. The van der Waals surface area contributed by atoms with E-state index in [-0.39, 0.29) is 23.6 Å². The molecule has 2 aromatic rings. The Labute approximate surface area is 123 Å². The third-order valence-corrected chi connectivity index (χ3v) is 2.93. The smallest absolute Gasteiger partial charge is 0.419 e. The van der Waals surface area contributed by atoms with Crippen LogP contribution in [0.2, 0.25) is 0 Å². The molecule has 4 nitrogen and oxygen atoms in total. The summed E-state index contributed by atoms with van der Waals surface area (Å²) in [6, 6.07) is 3.84. The van der Waals surface area contributed by atoms with E-state index in [0.717, 1.165) is 6.07 Å². The maximum absolute atomic E-state index is 13.3. The third kappa shape index (κ3) is 3.10. The predicted octanol–water partition coefficient (Wildman–Crippen LogP) is 3.42. The second-order valence-corrected chi connectivity index (χ2v) is 4.45. The molecule has 0 aliphatic heterocycles. The van der Waals surface area contributed by atoms with E-state index in [1.54, 1.807) is 6.92 Å². The van der Waals surface area contributed by atoms with Gasteiger partial charge in [0.2, 0.25) is 0 Å². The number of alkyl halides is 3. The van der Waals surface area contributed by atoms with Crippen LogP contribution in [-0.2, 0) is 18.0 Å². The lowest BCUT2D eigenvalue weighted by Crippen LogP contribution is -2.10. The zero-order valence-electron chi connectivity index (χ0n) is 11.7. The van der Waals surface area contributed by atoms with Crippen LogP contribution in [-0.4, -0.2) is 22.4 Å². The van der Waals surface area contributed by atoms with Gasteiger partial charge >= 0.3 is 12.1 Å². The van der Waals surface area contributed by atoms with Gasteiger partial charge in [-0.2, -0.15) is 18.3 Å².